The summed E-state index contributed by atoms with van der Waals surface area (Å²) in [5.41, 5.74) is 6.83. The highest BCUT2D eigenvalue weighted by molar-refractivity contribution is 5.87. The van der Waals surface area contributed by atoms with Gasteiger partial charge in [-0.1, -0.05) is 87.5 Å². The summed E-state index contributed by atoms with van der Waals surface area (Å²) in [7, 11) is 0. The molecule has 4 aromatic carbocycles. The van der Waals surface area contributed by atoms with Crippen molar-refractivity contribution in [2.75, 3.05) is 0 Å². The average molecular weight is 575 g/mol. The Morgan fingerprint density at radius 3 is 1.64 bits per heavy atom. The lowest BCUT2D eigenvalue weighted by molar-refractivity contribution is -0.00518. The highest BCUT2D eigenvalue weighted by atomic mass is 15.0. The van der Waals surface area contributed by atoms with Crippen LogP contribution in [0.3, 0.4) is 0 Å². The summed E-state index contributed by atoms with van der Waals surface area (Å²) in [4.78, 5) is 15.1. The van der Waals surface area contributed by atoms with Crippen LogP contribution in [0.15, 0.2) is 84.9 Å². The van der Waals surface area contributed by atoms with Crippen LogP contribution in [-0.2, 0) is 10.8 Å². The zero-order valence-corrected chi connectivity index (χ0v) is 25.8. The van der Waals surface area contributed by atoms with Crippen LogP contribution in [-0.4, -0.2) is 15.0 Å². The molecule has 0 aliphatic heterocycles. The molecule has 4 nitrogen and oxygen atoms in total. The van der Waals surface area contributed by atoms with E-state index in [-0.39, 0.29) is 5.41 Å². The van der Waals surface area contributed by atoms with Gasteiger partial charge in [0.2, 0.25) is 0 Å². The van der Waals surface area contributed by atoms with Gasteiger partial charge < -0.3 is 0 Å². The van der Waals surface area contributed by atoms with E-state index in [9.17, 15) is 5.26 Å². The van der Waals surface area contributed by atoms with E-state index in [0.717, 1.165) is 45.2 Å². The van der Waals surface area contributed by atoms with Crippen molar-refractivity contribution in [2.24, 2.45) is 17.8 Å². The van der Waals surface area contributed by atoms with Gasteiger partial charge in [-0.05, 0) is 107 Å². The molecule has 0 unspecified atom stereocenters. The molecule has 4 bridgehead atoms. The monoisotopic (exact) mass is 574 g/mol. The van der Waals surface area contributed by atoms with Gasteiger partial charge in [0.25, 0.3) is 0 Å². The molecular formula is C40H38N4. The van der Waals surface area contributed by atoms with Gasteiger partial charge in [0, 0.05) is 16.7 Å². The van der Waals surface area contributed by atoms with Crippen molar-refractivity contribution < 1.29 is 0 Å². The highest BCUT2D eigenvalue weighted by Crippen LogP contribution is 2.60. The van der Waals surface area contributed by atoms with Gasteiger partial charge in [0.1, 0.15) is 0 Å². The molecule has 5 aromatic rings. The van der Waals surface area contributed by atoms with Crippen LogP contribution in [0.25, 0.3) is 44.9 Å². The van der Waals surface area contributed by atoms with Crippen LogP contribution in [0.2, 0.25) is 0 Å². The van der Waals surface area contributed by atoms with Gasteiger partial charge in [0.05, 0.1) is 11.6 Å². The second-order valence-electron chi connectivity index (χ2n) is 14.8. The van der Waals surface area contributed by atoms with E-state index < -0.39 is 0 Å². The van der Waals surface area contributed by atoms with Gasteiger partial charge in [-0.25, -0.2) is 15.0 Å². The van der Waals surface area contributed by atoms with E-state index in [4.69, 9.17) is 15.0 Å². The first kappa shape index (κ1) is 27.2. The maximum Gasteiger partial charge on any atom is 0.164 e. The molecule has 4 heteroatoms. The van der Waals surface area contributed by atoms with Gasteiger partial charge in [-0.15, -0.1) is 0 Å². The summed E-state index contributed by atoms with van der Waals surface area (Å²) in [6, 6.07) is 32.1. The second kappa shape index (κ2) is 10.1. The molecule has 0 atom stereocenters. The minimum absolute atomic E-state index is 0.0723. The zero-order valence-electron chi connectivity index (χ0n) is 25.8. The minimum atomic E-state index is 0.0723. The average Bonchev–Trinajstić information content (AvgIpc) is 3.03. The topological polar surface area (TPSA) is 62.5 Å². The van der Waals surface area contributed by atoms with Crippen LogP contribution in [0, 0.1) is 29.1 Å². The Morgan fingerprint density at radius 1 is 0.614 bits per heavy atom. The standard InChI is InChI=1S/C40H38N4/c1-39(2,3)34-12-8-29(9-13-34)36-42-37(44-38(43-36)33-7-6-31-19-25(24-41)4-5-32(31)20-33)30-10-14-35(15-11-30)40-21-26-16-27(22-40)18-28(17-26)23-40/h4-15,19-20,26-28H,16-18,21-23H2,1-3H3/t26-,27-,28-,40?. The molecule has 0 radical (unpaired) electrons. The Hall–Kier alpha value is -4.36. The SMILES string of the molecule is CC(C)(C)c1ccc(-c2nc(-c3ccc(C45C[C@H]6C[C@H](C4)C[C@@H](C5)C6)cc3)nc(-c3ccc4cc(C#N)ccc4c3)n2)cc1. The van der Waals surface area contributed by atoms with Gasteiger partial charge in [0.15, 0.2) is 17.5 Å². The lowest BCUT2D eigenvalue weighted by atomic mass is 9.48. The Bertz CT molecular complexity index is 1890. The molecule has 9 rings (SSSR count). The molecule has 1 heterocycles. The quantitative estimate of drug-likeness (QED) is 0.214. The van der Waals surface area contributed by atoms with E-state index in [1.165, 1.54) is 49.7 Å². The molecule has 4 fully saturated rings. The van der Waals surface area contributed by atoms with Crippen molar-refractivity contribution in [3.8, 4) is 40.2 Å². The number of nitrogens with zero attached hydrogens (tertiary/aromatic N) is 4. The number of hydrogen-bond donors (Lipinski definition) is 0. The number of aromatic nitrogens is 3. The number of benzene rings is 4. The summed E-state index contributed by atoms with van der Waals surface area (Å²) in [6.07, 6.45) is 8.46. The predicted octanol–water partition coefficient (Wildman–Crippen LogP) is 9.66. The van der Waals surface area contributed by atoms with Crippen molar-refractivity contribution in [3.63, 3.8) is 0 Å². The third-order valence-electron chi connectivity index (χ3n) is 10.7. The Balaban J connectivity index is 1.20. The molecule has 0 spiro atoms. The largest absolute Gasteiger partial charge is 0.208 e. The first-order valence-corrected chi connectivity index (χ1v) is 16.2. The third kappa shape index (κ3) is 4.80. The maximum atomic E-state index is 9.34. The van der Waals surface area contributed by atoms with Gasteiger partial charge in [-0.3, -0.25) is 0 Å². The lowest BCUT2D eigenvalue weighted by Gasteiger charge is -2.57. The highest BCUT2D eigenvalue weighted by Gasteiger charge is 2.51. The summed E-state index contributed by atoms with van der Waals surface area (Å²) >= 11 is 0. The zero-order chi connectivity index (χ0) is 30.1. The van der Waals surface area contributed by atoms with E-state index in [0.29, 0.717) is 28.5 Å². The van der Waals surface area contributed by atoms with E-state index in [1.807, 2.05) is 30.3 Å². The van der Waals surface area contributed by atoms with Crippen molar-refractivity contribution in [3.05, 3.63) is 102 Å². The maximum absolute atomic E-state index is 9.34. The predicted molar refractivity (Wildman–Crippen MR) is 177 cm³/mol. The molecule has 218 valence electrons. The molecule has 4 aliphatic carbocycles. The molecular weight excluding hydrogens is 536 g/mol. The fourth-order valence-electron chi connectivity index (χ4n) is 8.77. The van der Waals surface area contributed by atoms with Gasteiger partial charge in [-0.2, -0.15) is 5.26 Å². The molecule has 0 amide bonds. The smallest absolute Gasteiger partial charge is 0.164 e. The summed E-state index contributed by atoms with van der Waals surface area (Å²) < 4.78 is 0. The fraction of sp³-hybridized carbons (Fsp3) is 0.350. The summed E-state index contributed by atoms with van der Waals surface area (Å²) in [5.74, 6) is 4.80. The molecule has 4 saturated carbocycles. The van der Waals surface area contributed by atoms with Crippen molar-refractivity contribution in [1.82, 2.24) is 15.0 Å². The molecule has 0 saturated heterocycles. The molecule has 1 aromatic heterocycles. The third-order valence-corrected chi connectivity index (χ3v) is 10.7. The molecule has 4 aliphatic rings. The number of rotatable bonds is 4. The van der Waals surface area contributed by atoms with Gasteiger partial charge >= 0.3 is 0 Å². The Labute approximate surface area is 260 Å². The number of hydrogen-bond acceptors (Lipinski definition) is 4. The first-order chi connectivity index (χ1) is 21.2. The minimum Gasteiger partial charge on any atom is -0.208 e. The normalized spacial score (nSPS) is 24.0. The lowest BCUT2D eigenvalue weighted by Crippen LogP contribution is -2.48. The molecule has 44 heavy (non-hydrogen) atoms. The van der Waals surface area contributed by atoms with Crippen LogP contribution in [0.4, 0.5) is 0 Å². The van der Waals surface area contributed by atoms with Crippen LogP contribution in [0.5, 0.6) is 0 Å². The van der Waals surface area contributed by atoms with E-state index in [2.05, 4.69) is 81.4 Å². The Morgan fingerprint density at radius 2 is 1.09 bits per heavy atom. The van der Waals surface area contributed by atoms with Crippen molar-refractivity contribution in [1.29, 1.82) is 5.26 Å². The van der Waals surface area contributed by atoms with Crippen LogP contribution < -0.4 is 0 Å². The van der Waals surface area contributed by atoms with Crippen LogP contribution >= 0.6 is 0 Å². The summed E-state index contributed by atoms with van der Waals surface area (Å²) in [5, 5.41) is 11.4. The number of nitriles is 1. The van der Waals surface area contributed by atoms with E-state index in [1.54, 1.807) is 0 Å². The Kier molecular flexibility index (Phi) is 6.24. The van der Waals surface area contributed by atoms with Crippen molar-refractivity contribution in [2.45, 2.75) is 70.1 Å². The number of fused-ring (bicyclic) bond motifs is 1. The van der Waals surface area contributed by atoms with E-state index >= 15 is 0 Å². The molecule has 0 N–H and O–H groups in total. The second-order valence-corrected chi connectivity index (χ2v) is 14.8. The van der Waals surface area contributed by atoms with Crippen molar-refractivity contribution >= 4 is 10.8 Å². The fourth-order valence-corrected chi connectivity index (χ4v) is 8.77. The van der Waals surface area contributed by atoms with Crippen LogP contribution in [0.1, 0.15) is 76.0 Å². The summed E-state index contributed by atoms with van der Waals surface area (Å²) in [6.45, 7) is 6.69. The first-order valence-electron chi connectivity index (χ1n) is 16.2.